The molecule has 1 aromatic heterocycles. The van der Waals surface area contributed by atoms with Gasteiger partial charge in [-0.15, -0.1) is 5.10 Å². The smallest absolute Gasteiger partial charge is 0.156 e. The van der Waals surface area contributed by atoms with Gasteiger partial charge in [0.05, 0.1) is 7.11 Å². The number of aromatic nitrogens is 3. The molecule has 5 nitrogen and oxygen atoms in total. The number of ether oxygens (including phenoxy) is 1. The zero-order chi connectivity index (χ0) is 12.4. The number of aldehydes is 1. The van der Waals surface area contributed by atoms with Gasteiger partial charge >= 0.3 is 0 Å². The molecule has 6 heteroatoms. The number of aryl methyl sites for hydroxylation is 1. The fraction of sp³-hybridized carbons (Fsp3) is 0.182. The Morgan fingerprint density at radius 1 is 1.47 bits per heavy atom. The molecule has 0 saturated heterocycles. The van der Waals surface area contributed by atoms with E-state index in [2.05, 4.69) is 26.2 Å². The molecule has 0 aliphatic rings. The van der Waals surface area contributed by atoms with E-state index in [4.69, 9.17) is 4.74 Å². The van der Waals surface area contributed by atoms with Crippen molar-refractivity contribution < 1.29 is 9.53 Å². The first-order valence-corrected chi connectivity index (χ1v) is 5.65. The molecule has 88 valence electrons. The summed E-state index contributed by atoms with van der Waals surface area (Å²) in [5, 5.41) is 7.78. The van der Waals surface area contributed by atoms with Gasteiger partial charge in [0, 0.05) is 18.2 Å². The second-order valence-electron chi connectivity index (χ2n) is 3.42. The van der Waals surface area contributed by atoms with Crippen LogP contribution in [0.1, 0.15) is 10.4 Å². The molecule has 1 heterocycles. The normalized spacial score (nSPS) is 10.3. The highest BCUT2D eigenvalue weighted by Gasteiger charge is 2.14. The molecular formula is C11H10BrN3O2. The summed E-state index contributed by atoms with van der Waals surface area (Å²) in [6, 6.07) is 5.29. The van der Waals surface area contributed by atoms with Crippen LogP contribution in [0.4, 0.5) is 0 Å². The summed E-state index contributed by atoms with van der Waals surface area (Å²) in [5.74, 6) is 0.641. The maximum absolute atomic E-state index is 11.1. The van der Waals surface area contributed by atoms with Gasteiger partial charge in [0.1, 0.15) is 11.4 Å². The number of nitrogens with zero attached hydrogens (tertiary/aromatic N) is 3. The van der Waals surface area contributed by atoms with Gasteiger partial charge in [-0.1, -0.05) is 5.21 Å². The third-order valence-corrected chi connectivity index (χ3v) is 2.96. The van der Waals surface area contributed by atoms with E-state index in [0.717, 1.165) is 17.5 Å². The minimum Gasteiger partial charge on any atom is -0.497 e. The van der Waals surface area contributed by atoms with Crippen LogP contribution in [0.5, 0.6) is 5.75 Å². The maximum atomic E-state index is 11.1. The summed E-state index contributed by atoms with van der Waals surface area (Å²) < 4.78 is 7.30. The summed E-state index contributed by atoms with van der Waals surface area (Å²) in [6.07, 6.45) is 0.789. The predicted octanol–water partition coefficient (Wildman–Crippen LogP) is 2.07. The molecule has 0 bridgehead atoms. The Morgan fingerprint density at radius 3 is 2.76 bits per heavy atom. The number of halogens is 1. The van der Waals surface area contributed by atoms with Crippen LogP contribution < -0.4 is 4.74 Å². The number of carbonyl (C=O) groups excluding carboxylic acids is 1. The van der Waals surface area contributed by atoms with Crippen LogP contribution in [0.25, 0.3) is 11.3 Å². The van der Waals surface area contributed by atoms with Gasteiger partial charge in [0.25, 0.3) is 0 Å². The molecule has 0 unspecified atom stereocenters. The van der Waals surface area contributed by atoms with Crippen molar-refractivity contribution in [2.24, 2.45) is 7.05 Å². The van der Waals surface area contributed by atoms with Crippen molar-refractivity contribution in [3.63, 3.8) is 0 Å². The Bertz CT molecular complexity index is 546. The van der Waals surface area contributed by atoms with Crippen LogP contribution in [-0.4, -0.2) is 28.4 Å². The van der Waals surface area contributed by atoms with Crippen molar-refractivity contribution in [1.82, 2.24) is 15.0 Å². The highest BCUT2D eigenvalue weighted by atomic mass is 79.9. The van der Waals surface area contributed by atoms with Crippen LogP contribution in [0.2, 0.25) is 0 Å². The standard InChI is InChI=1S/C11H10BrN3O2/c1-15-10(11(12)13-14-15)9-4-3-8(17-2)5-7(9)6-16/h3-6H,1-2H3. The van der Waals surface area contributed by atoms with Gasteiger partial charge in [0.2, 0.25) is 0 Å². The fourth-order valence-corrected chi connectivity index (χ4v) is 2.14. The zero-order valence-electron chi connectivity index (χ0n) is 9.35. The SMILES string of the molecule is COc1ccc(-c2c(Br)nnn2C)c(C=O)c1. The second-order valence-corrected chi connectivity index (χ2v) is 4.17. The molecule has 17 heavy (non-hydrogen) atoms. The van der Waals surface area contributed by atoms with Gasteiger partial charge < -0.3 is 4.74 Å². The summed E-state index contributed by atoms with van der Waals surface area (Å²) in [5.41, 5.74) is 2.06. The zero-order valence-corrected chi connectivity index (χ0v) is 10.9. The third-order valence-electron chi connectivity index (χ3n) is 2.43. The number of benzene rings is 1. The van der Waals surface area contributed by atoms with E-state index >= 15 is 0 Å². The highest BCUT2D eigenvalue weighted by Crippen LogP contribution is 2.30. The molecule has 0 fully saturated rings. The largest absolute Gasteiger partial charge is 0.497 e. The minimum absolute atomic E-state index is 0.537. The molecule has 0 saturated carbocycles. The lowest BCUT2D eigenvalue weighted by Gasteiger charge is -2.07. The minimum atomic E-state index is 0.537. The molecule has 0 radical (unpaired) electrons. The predicted molar refractivity (Wildman–Crippen MR) is 66.1 cm³/mol. The van der Waals surface area contributed by atoms with E-state index in [0.29, 0.717) is 15.9 Å². The Kier molecular flexibility index (Phi) is 3.23. The lowest BCUT2D eigenvalue weighted by molar-refractivity contribution is 0.112. The summed E-state index contributed by atoms with van der Waals surface area (Å²) in [7, 11) is 3.33. The molecule has 0 aliphatic carbocycles. The van der Waals surface area contributed by atoms with Crippen LogP contribution in [0.15, 0.2) is 22.8 Å². The Balaban J connectivity index is 2.63. The first-order chi connectivity index (χ1) is 8.17. The quantitative estimate of drug-likeness (QED) is 0.814. The Labute approximate surface area is 107 Å². The van der Waals surface area contributed by atoms with Crippen molar-refractivity contribution in [1.29, 1.82) is 0 Å². The second kappa shape index (κ2) is 4.67. The van der Waals surface area contributed by atoms with E-state index in [1.54, 1.807) is 31.0 Å². The van der Waals surface area contributed by atoms with Gasteiger partial charge in [-0.2, -0.15) is 0 Å². The molecule has 0 aliphatic heterocycles. The first kappa shape index (κ1) is 11.8. The molecule has 2 aromatic rings. The van der Waals surface area contributed by atoms with Gasteiger partial charge in [-0.25, -0.2) is 4.68 Å². The molecule has 1 aromatic carbocycles. The van der Waals surface area contributed by atoms with Gasteiger partial charge in [-0.05, 0) is 34.1 Å². The van der Waals surface area contributed by atoms with E-state index in [1.165, 1.54) is 0 Å². The summed E-state index contributed by atoms with van der Waals surface area (Å²) >= 11 is 3.31. The average Bonchev–Trinajstić information content (AvgIpc) is 2.68. The average molecular weight is 296 g/mol. The van der Waals surface area contributed by atoms with E-state index in [-0.39, 0.29) is 0 Å². The molecule has 0 atom stereocenters. The van der Waals surface area contributed by atoms with Crippen LogP contribution in [0, 0.1) is 0 Å². The van der Waals surface area contributed by atoms with Crippen LogP contribution in [0.3, 0.4) is 0 Å². The molecule has 0 spiro atoms. The topological polar surface area (TPSA) is 57.0 Å². The van der Waals surface area contributed by atoms with E-state index in [1.807, 2.05) is 6.07 Å². The first-order valence-electron chi connectivity index (χ1n) is 4.86. The molecule has 2 rings (SSSR count). The van der Waals surface area contributed by atoms with Gasteiger partial charge in [0.15, 0.2) is 10.9 Å². The number of hydrogen-bond acceptors (Lipinski definition) is 4. The Hall–Kier alpha value is -1.69. The summed E-state index contributed by atoms with van der Waals surface area (Å²) in [4.78, 5) is 11.1. The van der Waals surface area contributed by atoms with E-state index in [9.17, 15) is 4.79 Å². The lowest BCUT2D eigenvalue weighted by atomic mass is 10.1. The number of carbonyl (C=O) groups is 1. The molecule has 0 N–H and O–H groups in total. The number of rotatable bonds is 3. The summed E-state index contributed by atoms with van der Waals surface area (Å²) in [6.45, 7) is 0. The maximum Gasteiger partial charge on any atom is 0.156 e. The third kappa shape index (κ3) is 2.08. The van der Waals surface area contributed by atoms with Crippen LogP contribution in [-0.2, 0) is 7.05 Å². The van der Waals surface area contributed by atoms with Crippen molar-refractivity contribution in [2.45, 2.75) is 0 Å². The Morgan fingerprint density at radius 2 is 2.24 bits per heavy atom. The molecule has 0 amide bonds. The van der Waals surface area contributed by atoms with Gasteiger partial charge in [-0.3, -0.25) is 4.79 Å². The monoisotopic (exact) mass is 295 g/mol. The lowest BCUT2D eigenvalue weighted by Crippen LogP contribution is -1.97. The number of hydrogen-bond donors (Lipinski definition) is 0. The van der Waals surface area contributed by atoms with Crippen molar-refractivity contribution >= 4 is 22.2 Å². The molecular weight excluding hydrogens is 286 g/mol. The fourth-order valence-electron chi connectivity index (χ4n) is 1.60. The van der Waals surface area contributed by atoms with Crippen LogP contribution >= 0.6 is 15.9 Å². The number of methoxy groups -OCH3 is 1. The van der Waals surface area contributed by atoms with E-state index < -0.39 is 0 Å². The van der Waals surface area contributed by atoms with Crippen molar-refractivity contribution in [3.8, 4) is 17.0 Å². The van der Waals surface area contributed by atoms with Crippen molar-refractivity contribution in [2.75, 3.05) is 7.11 Å². The highest BCUT2D eigenvalue weighted by molar-refractivity contribution is 9.10. The van der Waals surface area contributed by atoms with Crippen molar-refractivity contribution in [3.05, 3.63) is 28.4 Å².